The Balaban J connectivity index is 1.60. The molecule has 0 aliphatic carbocycles. The van der Waals surface area contributed by atoms with Crippen molar-refractivity contribution in [2.45, 2.75) is 31.5 Å². The van der Waals surface area contributed by atoms with Crippen molar-refractivity contribution in [1.82, 2.24) is 0 Å². The van der Waals surface area contributed by atoms with Crippen molar-refractivity contribution >= 4 is 23.9 Å². The monoisotopic (exact) mass is 505 g/mol. The summed E-state index contributed by atoms with van der Waals surface area (Å²) in [6.07, 6.45) is -5.41. The fourth-order valence-electron chi connectivity index (χ4n) is 3.66. The first-order chi connectivity index (χ1) is 18.5. The molecule has 3 aromatic carbocycles. The van der Waals surface area contributed by atoms with Gasteiger partial charge in [0.1, 0.15) is 12.7 Å². The zero-order valence-corrected chi connectivity index (χ0v) is 19.6. The van der Waals surface area contributed by atoms with Gasteiger partial charge < -0.3 is 23.7 Å². The Morgan fingerprint density at radius 2 is 1.14 bits per heavy atom. The Labute approximate surface area is 214 Å². The van der Waals surface area contributed by atoms with E-state index in [2.05, 4.69) is 0 Å². The fraction of sp³-hybridized carbons (Fsp3) is 0.214. The quantitative estimate of drug-likeness (QED) is 0.335. The van der Waals surface area contributed by atoms with E-state index in [0.29, 0.717) is 0 Å². The summed E-state index contributed by atoms with van der Waals surface area (Å²) < 4.78 is 34.9. The Morgan fingerprint density at radius 3 is 1.62 bits per heavy atom. The largest absolute Gasteiger partial charge is 0.459 e. The van der Waals surface area contributed by atoms with Crippen molar-refractivity contribution < 1.29 is 44.2 Å². The lowest BCUT2D eigenvalue weighted by atomic mass is 10.1. The van der Waals surface area contributed by atoms with E-state index in [1.807, 2.05) is 0 Å². The standard InChI is InChI=1S/C28H24O9/c1-18(29)34-28-24(37-27(32)21-15-9-4-10-16-21)23(36-26(31)20-13-7-3-8-14-20)22(35-28)17-33-25(30)19-11-5-2-6-12-19/h2-16,22-24,28H,17H2,1H3/t22-,23-,24-,28?/m1/s1/i1D. The van der Waals surface area contributed by atoms with Gasteiger partial charge in [0.05, 0.1) is 16.7 Å². The van der Waals surface area contributed by atoms with Crippen LogP contribution in [0, 0.1) is 0 Å². The van der Waals surface area contributed by atoms with Crippen LogP contribution in [0.4, 0.5) is 0 Å². The number of rotatable bonds is 8. The zero-order valence-electron chi connectivity index (χ0n) is 20.6. The van der Waals surface area contributed by atoms with E-state index in [9.17, 15) is 19.2 Å². The Kier molecular flexibility index (Phi) is 7.82. The molecule has 1 aliphatic rings. The van der Waals surface area contributed by atoms with Gasteiger partial charge in [0.15, 0.2) is 6.10 Å². The Morgan fingerprint density at radius 1 is 0.676 bits per heavy atom. The molecule has 0 aromatic heterocycles. The molecule has 1 saturated heterocycles. The molecule has 3 aromatic rings. The average Bonchev–Trinajstić information content (AvgIpc) is 3.27. The van der Waals surface area contributed by atoms with Crippen molar-refractivity contribution in [2.24, 2.45) is 0 Å². The van der Waals surface area contributed by atoms with Crippen LogP contribution in [0.15, 0.2) is 91.0 Å². The lowest BCUT2D eigenvalue weighted by molar-refractivity contribution is -0.187. The van der Waals surface area contributed by atoms with Gasteiger partial charge in [-0.3, -0.25) is 4.79 Å². The molecule has 1 aliphatic heterocycles. The maximum atomic E-state index is 12.9. The molecular formula is C28H24O9. The molecule has 9 heteroatoms. The van der Waals surface area contributed by atoms with Crippen LogP contribution in [0.25, 0.3) is 0 Å². The summed E-state index contributed by atoms with van der Waals surface area (Å²) in [5.74, 6) is -3.15. The summed E-state index contributed by atoms with van der Waals surface area (Å²) in [5.41, 5.74) is 0.699. The van der Waals surface area contributed by atoms with Crippen LogP contribution in [0.2, 0.25) is 0 Å². The first-order valence-corrected chi connectivity index (χ1v) is 11.3. The van der Waals surface area contributed by atoms with Crippen molar-refractivity contribution in [3.8, 4) is 0 Å². The summed E-state index contributed by atoms with van der Waals surface area (Å²) in [5, 5.41) is 0. The summed E-state index contributed by atoms with van der Waals surface area (Å²) in [4.78, 5) is 50.3. The van der Waals surface area contributed by atoms with Gasteiger partial charge in [-0.25, -0.2) is 14.4 Å². The predicted molar refractivity (Wildman–Crippen MR) is 128 cm³/mol. The van der Waals surface area contributed by atoms with Crippen molar-refractivity contribution in [3.63, 3.8) is 0 Å². The van der Waals surface area contributed by atoms with E-state index >= 15 is 0 Å². The van der Waals surface area contributed by atoms with Gasteiger partial charge >= 0.3 is 23.9 Å². The molecule has 190 valence electrons. The molecule has 1 fully saturated rings. The number of carbonyl (C=O) groups is 4. The number of benzene rings is 3. The summed E-state index contributed by atoms with van der Waals surface area (Å²) >= 11 is 0. The summed E-state index contributed by atoms with van der Waals surface area (Å²) in [7, 11) is 0. The molecule has 37 heavy (non-hydrogen) atoms. The van der Waals surface area contributed by atoms with E-state index in [0.717, 1.165) is 0 Å². The van der Waals surface area contributed by atoms with E-state index in [1.165, 1.54) is 24.3 Å². The van der Waals surface area contributed by atoms with Crippen LogP contribution in [-0.2, 0) is 28.5 Å². The van der Waals surface area contributed by atoms with Gasteiger partial charge in [-0.05, 0) is 36.4 Å². The molecule has 0 radical (unpaired) electrons. The third-order valence-electron chi connectivity index (χ3n) is 5.41. The fourth-order valence-corrected chi connectivity index (χ4v) is 3.66. The molecule has 0 saturated carbocycles. The van der Waals surface area contributed by atoms with E-state index in [-0.39, 0.29) is 16.7 Å². The smallest absolute Gasteiger partial charge is 0.338 e. The first-order valence-electron chi connectivity index (χ1n) is 12.1. The van der Waals surface area contributed by atoms with E-state index < -0.39 is 62.0 Å². The topological polar surface area (TPSA) is 114 Å². The van der Waals surface area contributed by atoms with E-state index in [1.54, 1.807) is 66.7 Å². The molecule has 1 heterocycles. The minimum absolute atomic E-state index is 0.199. The summed E-state index contributed by atoms with van der Waals surface area (Å²) in [6.45, 7) is -1.13. The van der Waals surface area contributed by atoms with Gasteiger partial charge in [-0.15, -0.1) is 0 Å². The van der Waals surface area contributed by atoms with E-state index in [4.69, 9.17) is 25.1 Å². The average molecular weight is 505 g/mol. The molecule has 4 atom stereocenters. The maximum absolute atomic E-state index is 12.9. The van der Waals surface area contributed by atoms with Crippen LogP contribution in [0.5, 0.6) is 0 Å². The molecule has 4 rings (SSSR count). The van der Waals surface area contributed by atoms with Crippen LogP contribution >= 0.6 is 0 Å². The number of ether oxygens (including phenoxy) is 5. The SMILES string of the molecule is [2H]CC(=O)OC1O[C@H](COC(=O)c2ccccc2)[C@@H](OC(=O)c2ccccc2)[C@H]1OC(=O)c1ccccc1. The normalized spacial score (nSPS) is 20.8. The molecular weight excluding hydrogens is 480 g/mol. The van der Waals surface area contributed by atoms with Crippen molar-refractivity contribution in [1.29, 1.82) is 0 Å². The zero-order chi connectivity index (χ0) is 26.9. The Hall–Kier alpha value is -4.50. The minimum Gasteiger partial charge on any atom is -0.459 e. The third kappa shape index (κ3) is 6.59. The molecule has 0 spiro atoms. The second-order valence-electron chi connectivity index (χ2n) is 7.97. The summed E-state index contributed by atoms with van der Waals surface area (Å²) in [6, 6.07) is 24.3. The first kappa shape index (κ1) is 24.2. The molecule has 0 bridgehead atoms. The molecule has 0 N–H and O–H groups in total. The van der Waals surface area contributed by atoms with Gasteiger partial charge in [0.2, 0.25) is 12.4 Å². The van der Waals surface area contributed by atoms with Crippen molar-refractivity contribution in [2.75, 3.05) is 6.61 Å². The van der Waals surface area contributed by atoms with Crippen LogP contribution in [0.3, 0.4) is 0 Å². The predicted octanol–water partition coefficient (Wildman–Crippen LogP) is 3.58. The highest BCUT2D eigenvalue weighted by molar-refractivity contribution is 5.91. The second kappa shape index (κ2) is 12.0. The van der Waals surface area contributed by atoms with Crippen LogP contribution in [0.1, 0.15) is 39.3 Å². The van der Waals surface area contributed by atoms with Gasteiger partial charge in [0, 0.05) is 8.27 Å². The number of hydrogen-bond acceptors (Lipinski definition) is 9. The highest BCUT2D eigenvalue weighted by Crippen LogP contribution is 2.30. The molecule has 1 unspecified atom stereocenters. The van der Waals surface area contributed by atoms with Gasteiger partial charge in [0.25, 0.3) is 0 Å². The highest BCUT2D eigenvalue weighted by atomic mass is 16.8. The van der Waals surface area contributed by atoms with Gasteiger partial charge in [-0.2, -0.15) is 0 Å². The van der Waals surface area contributed by atoms with Gasteiger partial charge in [-0.1, -0.05) is 54.6 Å². The minimum atomic E-state index is -1.52. The number of esters is 4. The van der Waals surface area contributed by atoms with Crippen LogP contribution < -0.4 is 0 Å². The highest BCUT2D eigenvalue weighted by Gasteiger charge is 2.52. The lowest BCUT2D eigenvalue weighted by Gasteiger charge is -2.24. The lowest BCUT2D eigenvalue weighted by Crippen LogP contribution is -2.42. The number of carbonyl (C=O) groups excluding carboxylic acids is 4. The molecule has 0 amide bonds. The second-order valence-corrected chi connectivity index (χ2v) is 7.97. The van der Waals surface area contributed by atoms with Crippen LogP contribution in [-0.4, -0.2) is 55.1 Å². The maximum Gasteiger partial charge on any atom is 0.338 e. The third-order valence-corrected chi connectivity index (χ3v) is 5.41. The Bertz CT molecular complexity index is 1250. The number of hydrogen-bond donors (Lipinski definition) is 0. The molecule has 9 nitrogen and oxygen atoms in total. The van der Waals surface area contributed by atoms with Crippen molar-refractivity contribution in [3.05, 3.63) is 108 Å².